The molecule has 8 nitrogen and oxygen atoms in total. The second-order valence-corrected chi connectivity index (χ2v) is 11.4. The van der Waals surface area contributed by atoms with Crippen LogP contribution in [0.2, 0.25) is 0 Å². The van der Waals surface area contributed by atoms with Gasteiger partial charge in [-0.25, -0.2) is 14.4 Å². The molecule has 2 N–H and O–H groups in total. The fraction of sp³-hybridized carbons (Fsp3) is 0.481. The number of anilines is 1. The van der Waals surface area contributed by atoms with Crippen molar-refractivity contribution in [2.45, 2.75) is 72.3 Å². The molecule has 1 aromatic carbocycles. The van der Waals surface area contributed by atoms with Gasteiger partial charge in [-0.3, -0.25) is 0 Å². The second kappa shape index (κ2) is 14.6. The Balaban J connectivity index is 0.000000886. The molecule has 0 radical (unpaired) electrons. The molecule has 1 aliphatic carbocycles. The predicted molar refractivity (Wildman–Crippen MR) is 156 cm³/mol. The standard InChI is InChI=1S/C25H34N4O2S.C2HF3O2.BrH/c1-16(2)29(17(3)4)19-9-11-21-23(15-19)32-22-14-18(8-10-20(22)28-21)26-12-13-27-24(30)31-25(5,6)7;3-2(4,5)1(6)7;/h8-11,14-17H,12-13H2,1-7H3,(H,27,30);(H,6,7);1H. The molecule has 0 bridgehead atoms. The first-order valence-electron chi connectivity index (χ1n) is 12.4. The normalized spacial score (nSPS) is 11.5. The van der Waals surface area contributed by atoms with Gasteiger partial charge in [0.2, 0.25) is 5.36 Å². The van der Waals surface area contributed by atoms with Crippen molar-refractivity contribution in [3.05, 3.63) is 41.8 Å². The van der Waals surface area contributed by atoms with Crippen LogP contribution in [0.15, 0.2) is 36.4 Å². The largest absolute Gasteiger partial charge is 0.542 e. The fourth-order valence-electron chi connectivity index (χ4n) is 3.76. The molecule has 222 valence electrons. The molecule has 0 fully saturated rings. The van der Waals surface area contributed by atoms with E-state index in [-0.39, 0.29) is 17.0 Å². The number of nitrogens with zero attached hydrogens (tertiary/aromatic N) is 2. The van der Waals surface area contributed by atoms with Crippen molar-refractivity contribution in [2.75, 3.05) is 18.4 Å². The Morgan fingerprint density at radius 1 is 1.02 bits per heavy atom. The van der Waals surface area contributed by atoms with Crippen LogP contribution < -0.4 is 25.7 Å². The zero-order valence-corrected chi connectivity index (χ0v) is 26.0. The number of carbonyl (C=O) groups excluding carboxylic acids is 2. The molecule has 2 aliphatic rings. The molecule has 0 aromatic heterocycles. The lowest BCUT2D eigenvalue weighted by molar-refractivity contribution is -0.344. The second-order valence-electron chi connectivity index (χ2n) is 10.3. The predicted octanol–water partition coefficient (Wildman–Crippen LogP) is 4.80. The lowest BCUT2D eigenvalue weighted by Crippen LogP contribution is -2.40. The van der Waals surface area contributed by atoms with Gasteiger partial charge in [0.15, 0.2) is 0 Å². The highest BCUT2D eigenvalue weighted by molar-refractivity contribution is 8.93. The van der Waals surface area contributed by atoms with E-state index in [0.717, 1.165) is 21.6 Å². The maximum absolute atomic E-state index is 11.8. The van der Waals surface area contributed by atoms with E-state index >= 15 is 0 Å². The third kappa shape index (κ3) is 10.9. The van der Waals surface area contributed by atoms with Crippen LogP contribution in [0.1, 0.15) is 48.5 Å². The van der Waals surface area contributed by atoms with E-state index < -0.39 is 23.8 Å². The van der Waals surface area contributed by atoms with Crippen molar-refractivity contribution in [1.29, 1.82) is 0 Å². The van der Waals surface area contributed by atoms with Crippen molar-refractivity contribution in [1.82, 2.24) is 14.9 Å². The molecule has 1 amide bonds. The Labute approximate surface area is 246 Å². The maximum atomic E-state index is 11.8. The van der Waals surface area contributed by atoms with Crippen LogP contribution in [0.25, 0.3) is 20.8 Å². The van der Waals surface area contributed by atoms with Gasteiger partial charge in [0.1, 0.15) is 23.7 Å². The van der Waals surface area contributed by atoms with Crippen LogP contribution >= 0.6 is 28.3 Å². The fourth-order valence-corrected chi connectivity index (χ4v) is 4.80. The van der Waals surface area contributed by atoms with Gasteiger partial charge in [-0.05, 0) is 72.7 Å². The highest BCUT2D eigenvalue weighted by atomic mass is 79.9. The number of alkyl carbamates (subject to hydrolysis) is 1. The van der Waals surface area contributed by atoms with Gasteiger partial charge in [-0.2, -0.15) is 13.2 Å². The maximum Gasteiger partial charge on any atom is 0.430 e. The molecular formula is C27H36BrF3N4O4S. The Morgan fingerprint density at radius 2 is 1.62 bits per heavy atom. The molecule has 1 aromatic rings. The molecular weight excluding hydrogens is 613 g/mol. The summed E-state index contributed by atoms with van der Waals surface area (Å²) in [5, 5.41) is 16.1. The number of rotatable bonds is 6. The topological polar surface area (TPSA) is 106 Å². The first-order chi connectivity index (χ1) is 18.0. The summed E-state index contributed by atoms with van der Waals surface area (Å²) in [6.45, 7) is 15.5. The van der Waals surface area contributed by atoms with Gasteiger partial charge in [-0.15, -0.1) is 28.3 Å². The molecule has 40 heavy (non-hydrogen) atoms. The Kier molecular flexibility index (Phi) is 12.8. The summed E-state index contributed by atoms with van der Waals surface area (Å²) in [6, 6.07) is 13.6. The highest BCUT2D eigenvalue weighted by Gasteiger charge is 2.28. The lowest BCUT2D eigenvalue weighted by atomic mass is 10.2. The van der Waals surface area contributed by atoms with Crippen LogP contribution in [0, 0.1) is 0 Å². The average Bonchev–Trinajstić information content (AvgIpc) is 2.78. The van der Waals surface area contributed by atoms with Gasteiger partial charge >= 0.3 is 12.3 Å². The molecule has 0 atom stereocenters. The van der Waals surface area contributed by atoms with Crippen molar-refractivity contribution in [2.24, 2.45) is 0 Å². The van der Waals surface area contributed by atoms with Crippen LogP contribution in [-0.4, -0.2) is 54.0 Å². The molecule has 0 spiro atoms. The first-order valence-corrected chi connectivity index (χ1v) is 13.2. The lowest BCUT2D eigenvalue weighted by Gasteiger charge is -2.19. The van der Waals surface area contributed by atoms with Crippen molar-refractivity contribution in [3.63, 3.8) is 0 Å². The number of halogens is 4. The Hall–Kier alpha value is -2.93. The van der Waals surface area contributed by atoms with E-state index in [1.165, 1.54) is 10.2 Å². The van der Waals surface area contributed by atoms with Crippen molar-refractivity contribution < 1.29 is 32.6 Å². The Bertz CT molecular complexity index is 1330. The molecule has 3 rings (SSSR count). The third-order valence-electron chi connectivity index (χ3n) is 5.13. The summed E-state index contributed by atoms with van der Waals surface area (Å²) in [5.41, 5.74) is 2.51. The van der Waals surface area contributed by atoms with Crippen molar-refractivity contribution in [3.8, 4) is 10.6 Å². The number of carbonyl (C=O) groups is 2. The zero-order chi connectivity index (χ0) is 29.5. The minimum absolute atomic E-state index is 0. The summed E-state index contributed by atoms with van der Waals surface area (Å²) in [7, 11) is 0. The van der Waals surface area contributed by atoms with Gasteiger partial charge in [0, 0.05) is 30.9 Å². The number of aromatic nitrogens is 1. The van der Waals surface area contributed by atoms with Crippen LogP contribution in [0.5, 0.6) is 0 Å². The smallest absolute Gasteiger partial charge is 0.430 e. The SMILES string of the molecule is Br.CC(C)[N+](=c1ccc2nc3ccc(NCCNC(=O)OC(C)(C)C)cc3sc-2c1)C(C)C.O=C([O-])C(F)(F)F. The van der Waals surface area contributed by atoms with Gasteiger partial charge in [0.25, 0.3) is 0 Å². The van der Waals surface area contributed by atoms with Crippen LogP contribution in [-0.2, 0) is 9.53 Å². The van der Waals surface area contributed by atoms with E-state index in [2.05, 4.69) is 67.2 Å². The number of ether oxygens (including phenoxy) is 1. The number of fused-ring (bicyclic) bond motifs is 2. The highest BCUT2D eigenvalue weighted by Crippen LogP contribution is 2.31. The molecule has 0 saturated heterocycles. The number of hydrogen-bond donors (Lipinski definition) is 2. The summed E-state index contributed by atoms with van der Waals surface area (Å²) >= 11 is 1.75. The molecule has 1 aliphatic heterocycles. The minimum Gasteiger partial charge on any atom is -0.542 e. The number of hydrogen-bond acceptors (Lipinski definition) is 7. The average molecular weight is 650 g/mol. The number of nitrogens with one attached hydrogen (secondary N) is 2. The monoisotopic (exact) mass is 648 g/mol. The third-order valence-corrected chi connectivity index (χ3v) is 6.22. The summed E-state index contributed by atoms with van der Waals surface area (Å²) < 4.78 is 40.4. The Morgan fingerprint density at radius 3 is 2.15 bits per heavy atom. The minimum atomic E-state index is -5.19. The molecule has 0 unspecified atom stereocenters. The van der Waals surface area contributed by atoms with E-state index in [1.807, 2.05) is 32.9 Å². The van der Waals surface area contributed by atoms with Crippen LogP contribution in [0.3, 0.4) is 0 Å². The van der Waals surface area contributed by atoms with E-state index in [4.69, 9.17) is 19.6 Å². The van der Waals surface area contributed by atoms with Crippen LogP contribution in [0.4, 0.5) is 23.7 Å². The van der Waals surface area contributed by atoms with E-state index in [0.29, 0.717) is 25.2 Å². The molecule has 0 saturated carbocycles. The number of alkyl halides is 3. The van der Waals surface area contributed by atoms with E-state index in [9.17, 15) is 18.0 Å². The number of amides is 1. The number of benzene rings is 2. The molecule has 13 heteroatoms. The summed E-state index contributed by atoms with van der Waals surface area (Å²) in [6.07, 6.45) is -5.59. The van der Waals surface area contributed by atoms with Gasteiger partial charge < -0.3 is 25.3 Å². The quantitative estimate of drug-likeness (QED) is 0.226. The zero-order valence-electron chi connectivity index (χ0n) is 23.5. The van der Waals surface area contributed by atoms with Gasteiger partial charge in [0.05, 0.1) is 20.8 Å². The number of carboxylic acids is 1. The van der Waals surface area contributed by atoms with E-state index in [1.54, 1.807) is 11.3 Å². The number of carboxylic acid groups (broad SMARTS) is 1. The van der Waals surface area contributed by atoms with Gasteiger partial charge in [-0.1, -0.05) is 0 Å². The molecule has 1 heterocycles. The summed E-state index contributed by atoms with van der Waals surface area (Å²) in [4.78, 5) is 26.6. The summed E-state index contributed by atoms with van der Waals surface area (Å²) in [5.74, 6) is -3.01. The first kappa shape index (κ1) is 35.1. The number of aliphatic carboxylic acids is 1. The van der Waals surface area contributed by atoms with Crippen molar-refractivity contribution >= 4 is 56.3 Å².